The second-order valence-corrected chi connectivity index (χ2v) is 8.47. The maximum atomic E-state index is 12.6. The first-order valence-electron chi connectivity index (χ1n) is 9.50. The molecule has 2 aromatic carbocycles. The van der Waals surface area contributed by atoms with E-state index in [1.165, 1.54) is 5.56 Å². The van der Waals surface area contributed by atoms with Gasteiger partial charge in [0.2, 0.25) is 5.91 Å². The van der Waals surface area contributed by atoms with Gasteiger partial charge in [-0.05, 0) is 63.0 Å². The molecule has 1 saturated carbocycles. The number of hydrogen-bond donors (Lipinski definition) is 2. The molecule has 0 saturated heterocycles. The highest BCUT2D eigenvalue weighted by atomic mass is 16.3. The third-order valence-electron chi connectivity index (χ3n) is 6.52. The first-order valence-corrected chi connectivity index (χ1v) is 9.50. The number of phenolic OH excluding ortho intramolecular Hbond substituents is 1. The lowest BCUT2D eigenvalue weighted by atomic mass is 9.81. The van der Waals surface area contributed by atoms with E-state index in [9.17, 15) is 9.90 Å². The molecule has 4 nitrogen and oxygen atoms in total. The number of nitrogens with zero attached hydrogens (tertiary/aromatic N) is 1. The van der Waals surface area contributed by atoms with Crippen molar-refractivity contribution in [2.24, 2.45) is 11.1 Å². The fourth-order valence-electron chi connectivity index (χ4n) is 4.46. The van der Waals surface area contributed by atoms with Crippen LogP contribution in [-0.2, 0) is 16.6 Å². The van der Waals surface area contributed by atoms with Gasteiger partial charge >= 0.3 is 0 Å². The van der Waals surface area contributed by atoms with Crippen LogP contribution in [-0.4, -0.2) is 36.1 Å². The summed E-state index contributed by atoms with van der Waals surface area (Å²) in [4.78, 5) is 14.7. The lowest BCUT2D eigenvalue weighted by Gasteiger charge is -2.30. The zero-order chi connectivity index (χ0) is 19.8. The maximum Gasteiger partial charge on any atom is 0.224 e. The lowest BCUT2D eigenvalue weighted by Crippen LogP contribution is -2.40. The number of carbonyl (C=O) groups excluding carboxylic acids is 1. The SMILES string of the molecule is Cc1cc(C[C@@H](CC2(C(N)=O)CC2(C)c2ccccc2)N(C)C)ccc1O. The van der Waals surface area contributed by atoms with Gasteiger partial charge in [-0.3, -0.25) is 4.79 Å². The lowest BCUT2D eigenvalue weighted by molar-refractivity contribution is -0.124. The van der Waals surface area contributed by atoms with Crippen LogP contribution in [0.3, 0.4) is 0 Å². The van der Waals surface area contributed by atoms with Crippen LogP contribution in [0, 0.1) is 12.3 Å². The molecule has 0 aromatic heterocycles. The molecule has 3 N–H and O–H groups in total. The fourth-order valence-corrected chi connectivity index (χ4v) is 4.46. The Morgan fingerprint density at radius 2 is 1.89 bits per heavy atom. The smallest absolute Gasteiger partial charge is 0.224 e. The van der Waals surface area contributed by atoms with E-state index in [0.29, 0.717) is 5.75 Å². The molecule has 2 unspecified atom stereocenters. The zero-order valence-electron chi connectivity index (χ0n) is 16.7. The number of aryl methyl sites for hydroxylation is 1. The van der Waals surface area contributed by atoms with Gasteiger partial charge in [0.25, 0.3) is 0 Å². The molecule has 3 atom stereocenters. The summed E-state index contributed by atoms with van der Waals surface area (Å²) in [5.41, 5.74) is 8.42. The van der Waals surface area contributed by atoms with Gasteiger partial charge in [-0.15, -0.1) is 0 Å². The molecule has 1 aliphatic carbocycles. The summed E-state index contributed by atoms with van der Waals surface area (Å²) in [5, 5.41) is 9.78. The summed E-state index contributed by atoms with van der Waals surface area (Å²) < 4.78 is 0. The van der Waals surface area contributed by atoms with E-state index in [1.54, 1.807) is 6.07 Å². The van der Waals surface area contributed by atoms with Gasteiger partial charge in [-0.25, -0.2) is 0 Å². The molecule has 1 aliphatic rings. The molecule has 27 heavy (non-hydrogen) atoms. The monoisotopic (exact) mass is 366 g/mol. The fraction of sp³-hybridized carbons (Fsp3) is 0.435. The van der Waals surface area contributed by atoms with E-state index < -0.39 is 5.41 Å². The molecular weight excluding hydrogens is 336 g/mol. The predicted molar refractivity (Wildman–Crippen MR) is 109 cm³/mol. The summed E-state index contributed by atoms with van der Waals surface area (Å²) in [6, 6.07) is 16.1. The first-order chi connectivity index (χ1) is 12.7. The van der Waals surface area contributed by atoms with Crippen molar-refractivity contribution in [1.29, 1.82) is 0 Å². The van der Waals surface area contributed by atoms with Gasteiger partial charge < -0.3 is 15.7 Å². The number of aromatic hydroxyl groups is 1. The number of amides is 1. The minimum Gasteiger partial charge on any atom is -0.508 e. The Balaban J connectivity index is 1.86. The van der Waals surface area contributed by atoms with E-state index in [4.69, 9.17) is 5.73 Å². The van der Waals surface area contributed by atoms with Crippen molar-refractivity contribution in [3.63, 3.8) is 0 Å². The molecule has 3 rings (SSSR count). The summed E-state index contributed by atoms with van der Waals surface area (Å²) in [7, 11) is 4.10. The molecule has 2 aromatic rings. The molecule has 4 heteroatoms. The van der Waals surface area contributed by atoms with E-state index >= 15 is 0 Å². The number of hydrogen-bond acceptors (Lipinski definition) is 3. The number of carbonyl (C=O) groups is 1. The Morgan fingerprint density at radius 3 is 2.44 bits per heavy atom. The van der Waals surface area contributed by atoms with Gasteiger partial charge in [0.15, 0.2) is 0 Å². The largest absolute Gasteiger partial charge is 0.508 e. The number of primary amides is 1. The van der Waals surface area contributed by atoms with Crippen molar-refractivity contribution in [2.75, 3.05) is 14.1 Å². The molecule has 1 amide bonds. The van der Waals surface area contributed by atoms with Crippen molar-refractivity contribution in [3.8, 4) is 5.75 Å². The van der Waals surface area contributed by atoms with Crippen LogP contribution in [0.1, 0.15) is 36.5 Å². The average molecular weight is 367 g/mol. The Bertz CT molecular complexity index is 834. The Hall–Kier alpha value is -2.33. The summed E-state index contributed by atoms with van der Waals surface area (Å²) in [5.74, 6) is 0.107. The van der Waals surface area contributed by atoms with Crippen molar-refractivity contribution in [2.45, 2.75) is 44.6 Å². The van der Waals surface area contributed by atoms with Crippen LogP contribution >= 0.6 is 0 Å². The molecule has 0 radical (unpaired) electrons. The third-order valence-corrected chi connectivity index (χ3v) is 6.52. The van der Waals surface area contributed by atoms with Gasteiger partial charge in [0.05, 0.1) is 5.41 Å². The molecular formula is C23H30N2O2. The van der Waals surface area contributed by atoms with Gasteiger partial charge in [-0.2, -0.15) is 0 Å². The average Bonchev–Trinajstić information content (AvgIpc) is 3.25. The molecule has 0 bridgehead atoms. The first kappa shape index (κ1) is 19.4. The highest BCUT2D eigenvalue weighted by molar-refractivity contribution is 5.87. The highest BCUT2D eigenvalue weighted by Crippen LogP contribution is 2.67. The van der Waals surface area contributed by atoms with Crippen LogP contribution < -0.4 is 5.73 Å². The zero-order valence-corrected chi connectivity index (χ0v) is 16.7. The summed E-state index contributed by atoms with van der Waals surface area (Å²) >= 11 is 0. The normalized spacial score (nSPS) is 25.4. The van der Waals surface area contributed by atoms with Crippen LogP contribution in [0.15, 0.2) is 48.5 Å². The molecule has 0 aliphatic heterocycles. The molecule has 1 fully saturated rings. The van der Waals surface area contributed by atoms with E-state index in [0.717, 1.165) is 30.4 Å². The number of nitrogens with two attached hydrogens (primary N) is 1. The van der Waals surface area contributed by atoms with Crippen LogP contribution in [0.5, 0.6) is 5.75 Å². The molecule has 0 spiro atoms. The number of benzene rings is 2. The third kappa shape index (κ3) is 3.46. The van der Waals surface area contributed by atoms with Gasteiger partial charge in [0, 0.05) is 11.5 Å². The second-order valence-electron chi connectivity index (χ2n) is 8.47. The van der Waals surface area contributed by atoms with Crippen molar-refractivity contribution in [3.05, 3.63) is 65.2 Å². The second kappa shape index (κ2) is 7.01. The van der Waals surface area contributed by atoms with Gasteiger partial charge in [-0.1, -0.05) is 49.4 Å². The maximum absolute atomic E-state index is 12.6. The standard InChI is InChI=1S/C23H30N2O2/c1-16-12-17(10-11-20(16)26)13-19(25(3)4)14-23(21(24)27)15-22(23,2)18-8-6-5-7-9-18/h5-12,19,26H,13-15H2,1-4H3,(H2,24,27)/t19-,22?,23?/m0/s1. The van der Waals surface area contributed by atoms with Crippen molar-refractivity contribution < 1.29 is 9.90 Å². The molecule has 144 valence electrons. The topological polar surface area (TPSA) is 66.6 Å². The number of likely N-dealkylation sites (N-methyl/N-ethyl adjacent to an activating group) is 1. The van der Waals surface area contributed by atoms with Crippen LogP contribution in [0.4, 0.5) is 0 Å². The summed E-state index contributed by atoms with van der Waals surface area (Å²) in [6.45, 7) is 4.06. The Kier molecular flexibility index (Phi) is 5.04. The van der Waals surface area contributed by atoms with Crippen LogP contribution in [0.25, 0.3) is 0 Å². The quantitative estimate of drug-likeness (QED) is 0.789. The Morgan fingerprint density at radius 1 is 1.22 bits per heavy atom. The summed E-state index contributed by atoms with van der Waals surface area (Å²) in [6.07, 6.45) is 2.33. The van der Waals surface area contributed by atoms with E-state index in [-0.39, 0.29) is 17.4 Å². The van der Waals surface area contributed by atoms with E-state index in [1.807, 2.05) is 37.3 Å². The minimum absolute atomic E-state index is 0.187. The van der Waals surface area contributed by atoms with Gasteiger partial charge in [0.1, 0.15) is 5.75 Å². The predicted octanol–water partition coefficient (Wildman–Crippen LogP) is 3.40. The highest BCUT2D eigenvalue weighted by Gasteiger charge is 2.69. The van der Waals surface area contributed by atoms with E-state index in [2.05, 4.69) is 38.1 Å². The van der Waals surface area contributed by atoms with Crippen LogP contribution in [0.2, 0.25) is 0 Å². The van der Waals surface area contributed by atoms with Crippen molar-refractivity contribution in [1.82, 2.24) is 4.90 Å². The number of rotatable bonds is 7. The van der Waals surface area contributed by atoms with Crippen molar-refractivity contribution >= 4 is 5.91 Å². The Labute approximate surface area is 162 Å². The molecule has 0 heterocycles. The number of phenols is 1. The minimum atomic E-state index is -0.519.